The van der Waals surface area contributed by atoms with Gasteiger partial charge in [0.25, 0.3) is 0 Å². The Morgan fingerprint density at radius 3 is 0.716 bits per heavy atom. The SMILES string of the molecule is CCCCCCCCCCCCCCCCCCCCCC(=O)O[C@H](COC(=O)CCCCCCCCCCCCCCCC)COP(=O)(O)OC[C@@H](O)COP(=O)(O)OC[C@@H](COC(=O)CCCCCCCCC(C)C)OC(=O)CCCCCCCCCCCCCCC. The van der Waals surface area contributed by atoms with Gasteiger partial charge in [-0.05, 0) is 31.6 Å². The Morgan fingerprint density at radius 1 is 0.284 bits per heavy atom. The van der Waals surface area contributed by atoms with E-state index in [0.717, 1.165) is 96.3 Å². The van der Waals surface area contributed by atoms with Crippen LogP contribution in [0.5, 0.6) is 0 Å². The minimum atomic E-state index is -4.96. The van der Waals surface area contributed by atoms with E-state index in [-0.39, 0.29) is 25.7 Å². The molecule has 0 saturated carbocycles. The van der Waals surface area contributed by atoms with Crippen molar-refractivity contribution in [3.8, 4) is 0 Å². The Balaban J connectivity index is 5.22. The van der Waals surface area contributed by atoms with E-state index < -0.39 is 97.5 Å². The molecule has 0 fully saturated rings. The summed E-state index contributed by atoms with van der Waals surface area (Å²) in [7, 11) is -9.91. The van der Waals surface area contributed by atoms with Crippen molar-refractivity contribution in [1.29, 1.82) is 0 Å². The van der Waals surface area contributed by atoms with Gasteiger partial charge in [0, 0.05) is 25.7 Å². The molecule has 0 rings (SSSR count). The van der Waals surface area contributed by atoms with E-state index in [1.54, 1.807) is 0 Å². The number of phosphoric acid groups is 2. The van der Waals surface area contributed by atoms with Crippen molar-refractivity contribution in [2.75, 3.05) is 39.6 Å². The van der Waals surface area contributed by atoms with Crippen molar-refractivity contribution in [3.05, 3.63) is 0 Å². The van der Waals surface area contributed by atoms with Gasteiger partial charge in [0.15, 0.2) is 12.2 Å². The molecule has 0 aromatic carbocycles. The van der Waals surface area contributed by atoms with E-state index in [9.17, 15) is 43.2 Å². The third-order valence-electron chi connectivity index (χ3n) is 17.8. The first kappa shape index (κ1) is 93.1. The minimum Gasteiger partial charge on any atom is -0.462 e. The third kappa shape index (κ3) is 70.3. The second-order valence-corrected chi connectivity index (χ2v) is 30.8. The maximum Gasteiger partial charge on any atom is 0.472 e. The number of carbonyl (C=O) groups is 4. The van der Waals surface area contributed by atoms with Crippen molar-refractivity contribution in [2.24, 2.45) is 5.92 Å². The van der Waals surface area contributed by atoms with Crippen molar-refractivity contribution in [1.82, 2.24) is 0 Å². The standard InChI is InChI=1S/C76H148O17P2/c1-6-9-12-15-18-21-24-27-29-30-31-32-33-36-39-42-45-52-57-62-75(80)92-71(65-86-73(78)59-54-49-43-40-37-35-28-25-22-19-16-13-10-7-2)67-90-94(82,83)88-63-70(77)64-89-95(84,85)91-68-72(66-87-74(79)60-55-50-47-46-48-53-58-69(4)5)93-76(81)61-56-51-44-41-38-34-26-23-20-17-14-11-8-3/h69-72,77H,6-68H2,1-5H3,(H,82,83)(H,84,85)/t70-,71-,72-/m1/s1. The molecule has 19 heteroatoms. The molecule has 5 atom stereocenters. The lowest BCUT2D eigenvalue weighted by molar-refractivity contribution is -0.161. The fourth-order valence-electron chi connectivity index (χ4n) is 11.7. The number of aliphatic hydroxyl groups is 1. The van der Waals surface area contributed by atoms with Crippen molar-refractivity contribution in [2.45, 2.75) is 419 Å². The fraction of sp³-hybridized carbons (Fsp3) is 0.947. The summed E-state index contributed by atoms with van der Waals surface area (Å²) in [6.07, 6.45) is 58.4. The van der Waals surface area contributed by atoms with Crippen LogP contribution >= 0.6 is 15.6 Å². The van der Waals surface area contributed by atoms with Gasteiger partial charge in [-0.3, -0.25) is 37.3 Å². The molecule has 0 heterocycles. The fourth-order valence-corrected chi connectivity index (χ4v) is 13.3. The number of rotatable bonds is 76. The van der Waals surface area contributed by atoms with Crippen LogP contribution in [0.25, 0.3) is 0 Å². The number of unbranched alkanes of at least 4 members (excludes halogenated alkanes) is 48. The van der Waals surface area contributed by atoms with Crippen molar-refractivity contribution < 1.29 is 80.2 Å². The summed E-state index contributed by atoms with van der Waals surface area (Å²) in [6.45, 7) is 7.22. The van der Waals surface area contributed by atoms with Crippen LogP contribution < -0.4 is 0 Å². The highest BCUT2D eigenvalue weighted by Crippen LogP contribution is 2.45. The Labute approximate surface area is 581 Å². The molecule has 0 saturated heterocycles. The lowest BCUT2D eigenvalue weighted by Gasteiger charge is -2.21. The Kier molecular flexibility index (Phi) is 67.7. The number of carbonyl (C=O) groups excluding carboxylic acids is 4. The maximum atomic E-state index is 13.1. The average molecular weight is 1400 g/mol. The molecule has 0 spiro atoms. The minimum absolute atomic E-state index is 0.107. The van der Waals surface area contributed by atoms with Gasteiger partial charge in [0.1, 0.15) is 19.3 Å². The predicted octanol–water partition coefficient (Wildman–Crippen LogP) is 22.5. The Bertz CT molecular complexity index is 1820. The predicted molar refractivity (Wildman–Crippen MR) is 386 cm³/mol. The van der Waals surface area contributed by atoms with Gasteiger partial charge < -0.3 is 33.8 Å². The van der Waals surface area contributed by atoms with Crippen molar-refractivity contribution >= 4 is 39.5 Å². The van der Waals surface area contributed by atoms with Crippen LogP contribution in [-0.4, -0.2) is 96.7 Å². The molecular formula is C76H148O17P2. The molecule has 0 aromatic rings. The monoisotopic (exact) mass is 1400 g/mol. The average Bonchev–Trinajstić information content (AvgIpc) is 2.94. The first-order valence-corrected chi connectivity index (χ1v) is 42.6. The molecule has 95 heavy (non-hydrogen) atoms. The van der Waals surface area contributed by atoms with E-state index in [4.69, 9.17) is 37.0 Å². The number of esters is 4. The van der Waals surface area contributed by atoms with E-state index in [2.05, 4.69) is 34.6 Å². The van der Waals surface area contributed by atoms with Crippen LogP contribution in [0.15, 0.2) is 0 Å². The highest BCUT2D eigenvalue weighted by Gasteiger charge is 2.30. The number of phosphoric ester groups is 2. The smallest absolute Gasteiger partial charge is 0.462 e. The molecule has 3 N–H and O–H groups in total. The van der Waals surface area contributed by atoms with E-state index in [1.807, 2.05) is 0 Å². The van der Waals surface area contributed by atoms with E-state index >= 15 is 0 Å². The summed E-state index contributed by atoms with van der Waals surface area (Å²) in [5.74, 6) is -1.43. The molecule has 0 aliphatic carbocycles. The topological polar surface area (TPSA) is 237 Å². The van der Waals surface area contributed by atoms with Gasteiger partial charge in [0.2, 0.25) is 0 Å². The molecule has 2 unspecified atom stereocenters. The highest BCUT2D eigenvalue weighted by molar-refractivity contribution is 7.47. The summed E-state index contributed by atoms with van der Waals surface area (Å²) in [5.41, 5.74) is 0. The van der Waals surface area contributed by atoms with Crippen LogP contribution in [0.3, 0.4) is 0 Å². The lowest BCUT2D eigenvalue weighted by Crippen LogP contribution is -2.30. The van der Waals surface area contributed by atoms with Crippen LogP contribution in [0.2, 0.25) is 0 Å². The van der Waals surface area contributed by atoms with Gasteiger partial charge in [-0.2, -0.15) is 0 Å². The highest BCUT2D eigenvalue weighted by atomic mass is 31.2. The molecular weight excluding hydrogens is 1250 g/mol. The summed E-state index contributed by atoms with van der Waals surface area (Å²) in [6, 6.07) is 0. The maximum absolute atomic E-state index is 13.1. The molecule has 0 radical (unpaired) electrons. The summed E-state index contributed by atoms with van der Waals surface area (Å²) >= 11 is 0. The van der Waals surface area contributed by atoms with Crippen LogP contribution in [0.1, 0.15) is 401 Å². The lowest BCUT2D eigenvalue weighted by atomic mass is 10.0. The summed E-state index contributed by atoms with van der Waals surface area (Å²) in [4.78, 5) is 72.8. The first-order valence-electron chi connectivity index (χ1n) is 39.6. The molecule has 17 nitrogen and oxygen atoms in total. The van der Waals surface area contributed by atoms with Gasteiger partial charge in [-0.1, -0.05) is 349 Å². The molecule has 0 bridgehead atoms. The number of ether oxygens (including phenoxy) is 4. The summed E-state index contributed by atoms with van der Waals surface area (Å²) in [5, 5.41) is 10.6. The van der Waals surface area contributed by atoms with E-state index in [0.29, 0.717) is 31.6 Å². The largest absolute Gasteiger partial charge is 0.472 e. The molecule has 564 valence electrons. The molecule has 0 amide bonds. The second-order valence-electron chi connectivity index (χ2n) is 27.9. The Hall–Kier alpha value is -1.94. The first-order chi connectivity index (χ1) is 46.0. The zero-order valence-corrected chi connectivity index (χ0v) is 63.6. The quantitative estimate of drug-likeness (QED) is 0.0222. The van der Waals surface area contributed by atoms with Crippen molar-refractivity contribution in [3.63, 3.8) is 0 Å². The second kappa shape index (κ2) is 69.2. The van der Waals surface area contributed by atoms with Crippen LogP contribution in [0, 0.1) is 5.92 Å². The number of hydrogen-bond acceptors (Lipinski definition) is 15. The van der Waals surface area contributed by atoms with Gasteiger partial charge in [-0.25, -0.2) is 9.13 Å². The zero-order valence-electron chi connectivity index (χ0n) is 61.8. The number of aliphatic hydroxyl groups excluding tert-OH is 1. The van der Waals surface area contributed by atoms with Gasteiger partial charge in [-0.15, -0.1) is 0 Å². The third-order valence-corrected chi connectivity index (χ3v) is 19.7. The van der Waals surface area contributed by atoms with Crippen LogP contribution in [0.4, 0.5) is 0 Å². The number of hydrogen-bond donors (Lipinski definition) is 3. The molecule has 0 aliphatic rings. The Morgan fingerprint density at radius 2 is 0.484 bits per heavy atom. The molecule has 0 aromatic heterocycles. The zero-order chi connectivity index (χ0) is 69.8. The van der Waals surface area contributed by atoms with Gasteiger partial charge in [0.05, 0.1) is 26.4 Å². The molecule has 0 aliphatic heterocycles. The van der Waals surface area contributed by atoms with E-state index in [1.165, 1.54) is 218 Å². The van der Waals surface area contributed by atoms with Gasteiger partial charge >= 0.3 is 39.5 Å². The summed E-state index contributed by atoms with van der Waals surface area (Å²) < 4.78 is 68.5. The van der Waals surface area contributed by atoms with Crippen LogP contribution in [-0.2, 0) is 65.4 Å². The normalized spacial score (nSPS) is 13.9.